The van der Waals surface area contributed by atoms with E-state index < -0.39 is 101 Å². The number of ether oxygens (including phenoxy) is 3. The van der Waals surface area contributed by atoms with Crippen LogP contribution in [0.15, 0.2) is 115 Å². The fourth-order valence-corrected chi connectivity index (χ4v) is 11.8. The van der Waals surface area contributed by atoms with Crippen molar-refractivity contribution in [2.24, 2.45) is 11.3 Å². The van der Waals surface area contributed by atoms with Crippen LogP contribution in [0.1, 0.15) is 126 Å². The van der Waals surface area contributed by atoms with Crippen LogP contribution in [0, 0.1) is 11.3 Å². The van der Waals surface area contributed by atoms with Gasteiger partial charge in [-0.1, -0.05) is 98.8 Å². The van der Waals surface area contributed by atoms with Gasteiger partial charge in [-0.15, -0.1) is 0 Å². The quantitative estimate of drug-likeness (QED) is 0.108. The monoisotopic (exact) mass is 1240 g/mol. The summed E-state index contributed by atoms with van der Waals surface area (Å²) in [5.74, 6) is -5.00. The summed E-state index contributed by atoms with van der Waals surface area (Å²) in [5, 5.41) is 8.90. The lowest BCUT2D eigenvalue weighted by atomic mass is 9.87. The topological polar surface area (TPSA) is 251 Å². The summed E-state index contributed by atoms with van der Waals surface area (Å²) in [6.45, 7) is 6.92. The van der Waals surface area contributed by atoms with Gasteiger partial charge in [0.25, 0.3) is 5.91 Å². The van der Waals surface area contributed by atoms with E-state index in [4.69, 9.17) is 14.2 Å². The molecule has 7 rings (SSSR count). The van der Waals surface area contributed by atoms with E-state index in [1.54, 1.807) is 74.8 Å². The summed E-state index contributed by atoms with van der Waals surface area (Å²) in [7, 11) is 7.73. The number of aryl methyl sites for hydroxylation is 1. The molecule has 3 N–H and O–H groups in total. The van der Waals surface area contributed by atoms with E-state index in [1.165, 1.54) is 71.8 Å². The Labute approximate surface area is 528 Å². The van der Waals surface area contributed by atoms with Gasteiger partial charge in [-0.3, -0.25) is 43.2 Å². The molecule has 90 heavy (non-hydrogen) atoms. The van der Waals surface area contributed by atoms with Crippen LogP contribution in [-0.2, 0) is 65.5 Å². The molecule has 21 nitrogen and oxygen atoms in total. The van der Waals surface area contributed by atoms with Crippen LogP contribution >= 0.6 is 0 Å². The maximum absolute atomic E-state index is 15.2. The predicted molar refractivity (Wildman–Crippen MR) is 338 cm³/mol. The summed E-state index contributed by atoms with van der Waals surface area (Å²) in [6.07, 6.45) is 5.68. The average molecular weight is 1240 g/mol. The van der Waals surface area contributed by atoms with Gasteiger partial charge in [-0.2, -0.15) is 0 Å². The molecule has 8 amide bonds. The Morgan fingerprint density at radius 2 is 1.28 bits per heavy atom. The molecule has 1 unspecified atom stereocenters. The lowest BCUT2D eigenvalue weighted by molar-refractivity contribution is -0.157. The second kappa shape index (κ2) is 32.0. The number of ketones is 1. The Balaban J connectivity index is 1.20. The first-order valence-corrected chi connectivity index (χ1v) is 31.1. The van der Waals surface area contributed by atoms with Crippen molar-refractivity contribution in [3.05, 3.63) is 138 Å². The number of hydrogen-bond donors (Lipinski definition) is 3. The number of fused-ring (bicyclic) bond motifs is 4. The van der Waals surface area contributed by atoms with Crippen molar-refractivity contribution in [3.63, 3.8) is 0 Å². The van der Waals surface area contributed by atoms with Crippen LogP contribution < -0.4 is 25.4 Å². The number of benzene rings is 4. The number of nitrogens with zero attached hydrogens (tertiary/aromatic N) is 5. The largest absolute Gasteiger partial charge is 0.493 e. The molecule has 3 aliphatic rings. The van der Waals surface area contributed by atoms with Gasteiger partial charge in [0, 0.05) is 71.8 Å². The number of piperidine rings is 1. The number of methoxy groups -OCH3 is 2. The second-order valence-electron chi connectivity index (χ2n) is 24.6. The number of hydrogen-bond acceptors (Lipinski definition) is 13. The lowest BCUT2D eigenvalue weighted by Crippen LogP contribution is -2.58. The third kappa shape index (κ3) is 17.9. The van der Waals surface area contributed by atoms with Crippen LogP contribution in [0.4, 0.5) is 5.69 Å². The summed E-state index contributed by atoms with van der Waals surface area (Å²) in [5.41, 5.74) is 1.52. The SMILES string of the molecule is COc1ccc(CC[C@H]2NC(=O)[C@@H]3CCCCN3C(=O)C(=O)C(C)(C)COC(=O)/C=C/CCN(C)C(=O)[C@H](CC(C)C)N(C)C(=O)[C@H]3CCCN3C(=O)[C@H](Cc3ccccc3)N(C)C(=O)C(c3ccccc3)NC(=O)CCC(=O)Nc3cccc2c3)cc1OC. The van der Waals surface area contributed by atoms with Crippen molar-refractivity contribution < 1.29 is 62.2 Å². The number of Topliss-reactive ketones (excluding diaryl/α,β-unsaturated/α-hetero) is 1. The molecular formula is C69H88N8O13. The number of nitrogens with one attached hydrogen (secondary N) is 3. The van der Waals surface area contributed by atoms with Gasteiger partial charge >= 0.3 is 5.97 Å². The zero-order valence-corrected chi connectivity index (χ0v) is 53.4. The van der Waals surface area contributed by atoms with E-state index in [9.17, 15) is 38.4 Å². The molecule has 0 spiro atoms. The Bertz CT molecular complexity index is 3240. The maximum atomic E-state index is 15.2. The molecule has 21 heteroatoms. The first-order chi connectivity index (χ1) is 43.0. The number of carbonyl (C=O) groups excluding carboxylic acids is 10. The van der Waals surface area contributed by atoms with Crippen molar-refractivity contribution in [2.45, 2.75) is 141 Å². The van der Waals surface area contributed by atoms with Crippen LogP contribution in [0.3, 0.4) is 0 Å². The minimum atomic E-state index is -1.49. The number of esters is 1. The Kier molecular flexibility index (Phi) is 24.4. The number of cyclic esters (lactones) is 1. The molecule has 0 saturated carbocycles. The van der Waals surface area contributed by atoms with Gasteiger partial charge in [0.2, 0.25) is 47.1 Å². The number of amides is 8. The fourth-order valence-electron chi connectivity index (χ4n) is 11.8. The molecule has 0 aromatic heterocycles. The number of anilines is 1. The van der Waals surface area contributed by atoms with Crippen LogP contribution in [0.25, 0.3) is 0 Å². The average Bonchev–Trinajstić information content (AvgIpc) is 1.52. The molecule has 3 aliphatic heterocycles. The highest BCUT2D eigenvalue weighted by Gasteiger charge is 2.45. The molecule has 4 aromatic rings. The van der Waals surface area contributed by atoms with Gasteiger partial charge < -0.3 is 54.7 Å². The number of carbonyl (C=O) groups is 10. The minimum absolute atomic E-state index is 0.0237. The number of likely N-dealkylation sites (N-methyl/N-ethyl adjacent to an activating group) is 3. The molecule has 0 radical (unpaired) electrons. The third-order valence-electron chi connectivity index (χ3n) is 17.0. The zero-order valence-electron chi connectivity index (χ0n) is 53.4. The summed E-state index contributed by atoms with van der Waals surface area (Å²) in [4.78, 5) is 150. The third-order valence-corrected chi connectivity index (χ3v) is 17.0. The Morgan fingerprint density at radius 3 is 1.98 bits per heavy atom. The van der Waals surface area contributed by atoms with Gasteiger partial charge in [0.05, 0.1) is 25.7 Å². The smallest absolute Gasteiger partial charge is 0.330 e. The van der Waals surface area contributed by atoms with Crippen LogP contribution in [0.5, 0.6) is 11.5 Å². The van der Waals surface area contributed by atoms with Gasteiger partial charge in [-0.25, -0.2) is 4.79 Å². The predicted octanol–water partition coefficient (Wildman–Crippen LogP) is 6.94. The molecule has 2 fully saturated rings. The zero-order chi connectivity index (χ0) is 65.2. The molecule has 0 aliphatic carbocycles. The Morgan fingerprint density at radius 1 is 0.622 bits per heavy atom. The van der Waals surface area contributed by atoms with Crippen molar-refractivity contribution in [2.75, 3.05) is 66.9 Å². The molecule has 4 aromatic carbocycles. The van der Waals surface area contributed by atoms with Crippen molar-refractivity contribution in [1.29, 1.82) is 0 Å². The van der Waals surface area contributed by atoms with Crippen LogP contribution in [0.2, 0.25) is 0 Å². The molecule has 6 atom stereocenters. The maximum Gasteiger partial charge on any atom is 0.330 e. The molecule has 2 bridgehead atoms. The van der Waals surface area contributed by atoms with Gasteiger partial charge in [-0.05, 0) is 124 Å². The van der Waals surface area contributed by atoms with Gasteiger partial charge in [0.1, 0.15) is 36.8 Å². The summed E-state index contributed by atoms with van der Waals surface area (Å²) < 4.78 is 16.6. The normalized spacial score (nSPS) is 23.3. The molecule has 482 valence electrons. The second-order valence-corrected chi connectivity index (χ2v) is 24.6. The lowest BCUT2D eigenvalue weighted by Gasteiger charge is -2.37. The summed E-state index contributed by atoms with van der Waals surface area (Å²) >= 11 is 0. The van der Waals surface area contributed by atoms with E-state index in [0.29, 0.717) is 73.3 Å². The van der Waals surface area contributed by atoms with Gasteiger partial charge in [0.15, 0.2) is 11.5 Å². The molecule has 2 saturated heterocycles. The highest BCUT2D eigenvalue weighted by atomic mass is 16.5. The van der Waals surface area contributed by atoms with Crippen molar-refractivity contribution in [1.82, 2.24) is 35.1 Å². The molecular weight excluding hydrogens is 1150 g/mol. The van der Waals surface area contributed by atoms with E-state index in [2.05, 4.69) is 16.0 Å². The first kappa shape index (κ1) is 68.6. The highest BCUT2D eigenvalue weighted by Crippen LogP contribution is 2.32. The van der Waals surface area contributed by atoms with E-state index in [0.717, 1.165) is 11.1 Å². The first-order valence-electron chi connectivity index (χ1n) is 31.1. The van der Waals surface area contributed by atoms with Crippen LogP contribution in [-0.4, -0.2) is 169 Å². The van der Waals surface area contributed by atoms with E-state index in [-0.39, 0.29) is 63.6 Å². The van der Waals surface area contributed by atoms with E-state index >= 15 is 9.59 Å². The Hall–Kier alpha value is -8.88. The van der Waals surface area contributed by atoms with Crippen molar-refractivity contribution >= 4 is 64.7 Å². The number of rotatable bonds is 10. The standard InChI is InChI=1S/C69H88N8O13/c1-45(2)40-54-64(83)73(5)37-18-17-30-60(80)90-44-69(3,4)62(81)68(87)76-38-19-16-28-52(76)63(82)71-51(33-31-47-32-34-56(88-8)57(42-47)89-9)49-26-20-27-50(43-49)70-58(78)35-36-59(79)72-61(48-24-14-11-15-25-48)67(86)75(7)55(41-46-22-12-10-13-23-46)66(85)77-39-21-29-53(77)65(84)74(54)6/h10-15,17,20,22-27,30,32,34,42-43,45,51-55,61H,16,18-19,21,28-29,31,33,35-41,44H2,1-9H3,(H,70,78)(H,71,82)(H,72,79)/b30-17+/t51-,52+,53-,54+,55+,61?/m1/s1. The summed E-state index contributed by atoms with van der Waals surface area (Å²) in [6, 6.07) is 24.1. The fraction of sp³-hybridized carbons (Fsp3) is 0.478. The van der Waals surface area contributed by atoms with Crippen molar-refractivity contribution in [3.8, 4) is 11.5 Å². The molecule has 3 heterocycles. The highest BCUT2D eigenvalue weighted by molar-refractivity contribution is 6.38. The minimum Gasteiger partial charge on any atom is -0.493 e. The van der Waals surface area contributed by atoms with E-state index in [1.807, 2.05) is 56.3 Å².